The molecule has 0 amide bonds. The fraction of sp³-hybridized carbons (Fsp3) is 0.143. The van der Waals surface area contributed by atoms with Crippen molar-refractivity contribution in [2.45, 2.75) is 13.5 Å². The van der Waals surface area contributed by atoms with E-state index in [0.717, 1.165) is 29.3 Å². The van der Waals surface area contributed by atoms with Gasteiger partial charge >= 0.3 is 0 Å². The van der Waals surface area contributed by atoms with Gasteiger partial charge in [0.1, 0.15) is 11.5 Å². The molecule has 0 saturated heterocycles. The number of nitrogens with zero attached hydrogens (tertiary/aromatic N) is 1. The van der Waals surface area contributed by atoms with Crippen LogP contribution in [0.4, 0.5) is 15.8 Å². The van der Waals surface area contributed by atoms with Crippen LogP contribution in [0.25, 0.3) is 0 Å². The van der Waals surface area contributed by atoms with Gasteiger partial charge in [0, 0.05) is 18.7 Å². The SMILES string of the molecule is Cc1ccc(CNc2cc(F)ccc2[N+](=O)[O-])cc1. The van der Waals surface area contributed by atoms with E-state index in [-0.39, 0.29) is 11.4 Å². The van der Waals surface area contributed by atoms with E-state index < -0.39 is 10.7 Å². The van der Waals surface area contributed by atoms with Crippen LogP contribution in [0.1, 0.15) is 11.1 Å². The highest BCUT2D eigenvalue weighted by atomic mass is 19.1. The van der Waals surface area contributed by atoms with Crippen molar-refractivity contribution < 1.29 is 9.31 Å². The third-order valence-corrected chi connectivity index (χ3v) is 2.76. The third-order valence-electron chi connectivity index (χ3n) is 2.76. The van der Waals surface area contributed by atoms with E-state index in [2.05, 4.69) is 5.32 Å². The molecule has 0 unspecified atom stereocenters. The van der Waals surface area contributed by atoms with E-state index in [9.17, 15) is 14.5 Å². The maximum atomic E-state index is 13.1. The lowest BCUT2D eigenvalue weighted by Gasteiger charge is -2.07. The van der Waals surface area contributed by atoms with E-state index >= 15 is 0 Å². The zero-order chi connectivity index (χ0) is 13.8. The van der Waals surface area contributed by atoms with Gasteiger partial charge < -0.3 is 5.32 Å². The molecule has 0 fully saturated rings. The maximum Gasteiger partial charge on any atom is 0.292 e. The molecule has 1 N–H and O–H groups in total. The van der Waals surface area contributed by atoms with Crippen LogP contribution in [0.15, 0.2) is 42.5 Å². The quantitative estimate of drug-likeness (QED) is 0.674. The van der Waals surface area contributed by atoms with Crippen molar-refractivity contribution in [3.63, 3.8) is 0 Å². The predicted octanol–water partition coefficient (Wildman–Crippen LogP) is 3.65. The first kappa shape index (κ1) is 13.0. The van der Waals surface area contributed by atoms with Crippen LogP contribution in [0.5, 0.6) is 0 Å². The Morgan fingerprint density at radius 3 is 2.53 bits per heavy atom. The zero-order valence-electron chi connectivity index (χ0n) is 10.4. The molecule has 0 atom stereocenters. The average molecular weight is 260 g/mol. The Morgan fingerprint density at radius 1 is 1.21 bits per heavy atom. The predicted molar refractivity (Wildman–Crippen MR) is 71.6 cm³/mol. The molecule has 0 heterocycles. The van der Waals surface area contributed by atoms with E-state index in [1.54, 1.807) is 0 Å². The highest BCUT2D eigenvalue weighted by molar-refractivity contribution is 5.61. The largest absolute Gasteiger partial charge is 0.375 e. The van der Waals surface area contributed by atoms with E-state index in [4.69, 9.17) is 0 Å². The Labute approximate surface area is 110 Å². The van der Waals surface area contributed by atoms with Gasteiger partial charge in [0.2, 0.25) is 0 Å². The molecule has 0 aromatic heterocycles. The summed E-state index contributed by atoms with van der Waals surface area (Å²) in [6, 6.07) is 11.1. The van der Waals surface area contributed by atoms with E-state index in [0.29, 0.717) is 6.54 Å². The van der Waals surface area contributed by atoms with Gasteiger partial charge in [-0.25, -0.2) is 4.39 Å². The Balaban J connectivity index is 2.16. The second kappa shape index (κ2) is 5.48. The van der Waals surface area contributed by atoms with Crippen LogP contribution in [0.2, 0.25) is 0 Å². The summed E-state index contributed by atoms with van der Waals surface area (Å²) in [5.41, 5.74) is 2.17. The summed E-state index contributed by atoms with van der Waals surface area (Å²) in [6.45, 7) is 2.39. The molecule has 0 bridgehead atoms. The lowest BCUT2D eigenvalue weighted by molar-refractivity contribution is -0.384. The number of benzene rings is 2. The molecule has 0 aliphatic carbocycles. The minimum Gasteiger partial charge on any atom is -0.375 e. The number of hydrogen-bond donors (Lipinski definition) is 1. The van der Waals surface area contributed by atoms with Crippen molar-refractivity contribution in [3.05, 3.63) is 69.5 Å². The first-order valence-electron chi connectivity index (χ1n) is 5.79. The van der Waals surface area contributed by atoms with Gasteiger partial charge in [-0.05, 0) is 18.6 Å². The van der Waals surface area contributed by atoms with Gasteiger partial charge in [-0.1, -0.05) is 29.8 Å². The summed E-state index contributed by atoms with van der Waals surface area (Å²) >= 11 is 0. The highest BCUT2D eigenvalue weighted by Crippen LogP contribution is 2.25. The summed E-state index contributed by atoms with van der Waals surface area (Å²) in [5, 5.41) is 13.7. The van der Waals surface area contributed by atoms with Gasteiger partial charge in [-0.3, -0.25) is 10.1 Å². The van der Waals surface area contributed by atoms with Crippen LogP contribution in [0.3, 0.4) is 0 Å². The van der Waals surface area contributed by atoms with Crippen molar-refractivity contribution in [2.24, 2.45) is 0 Å². The van der Waals surface area contributed by atoms with Crippen LogP contribution >= 0.6 is 0 Å². The first-order valence-corrected chi connectivity index (χ1v) is 5.79. The van der Waals surface area contributed by atoms with Crippen LogP contribution in [0, 0.1) is 22.9 Å². The van der Waals surface area contributed by atoms with Gasteiger partial charge in [0.25, 0.3) is 5.69 Å². The van der Waals surface area contributed by atoms with Gasteiger partial charge in [0.05, 0.1) is 4.92 Å². The maximum absolute atomic E-state index is 13.1. The summed E-state index contributed by atoms with van der Waals surface area (Å²) in [4.78, 5) is 10.3. The molecular formula is C14H13FN2O2. The second-order valence-corrected chi connectivity index (χ2v) is 4.26. The molecule has 0 saturated carbocycles. The van der Waals surface area contributed by atoms with E-state index in [1.807, 2.05) is 31.2 Å². The summed E-state index contributed by atoms with van der Waals surface area (Å²) in [7, 11) is 0. The number of nitro groups is 1. The Hall–Kier alpha value is -2.43. The molecule has 0 radical (unpaired) electrons. The number of hydrogen-bond acceptors (Lipinski definition) is 3. The normalized spacial score (nSPS) is 10.2. The molecule has 0 aliphatic heterocycles. The lowest BCUT2D eigenvalue weighted by Crippen LogP contribution is -2.03. The highest BCUT2D eigenvalue weighted by Gasteiger charge is 2.13. The smallest absolute Gasteiger partial charge is 0.292 e. The molecule has 2 aromatic rings. The number of halogens is 1. The monoisotopic (exact) mass is 260 g/mol. The number of rotatable bonds is 4. The fourth-order valence-electron chi connectivity index (χ4n) is 1.71. The zero-order valence-corrected chi connectivity index (χ0v) is 10.4. The Bertz CT molecular complexity index is 597. The lowest BCUT2D eigenvalue weighted by atomic mass is 10.1. The van der Waals surface area contributed by atoms with Crippen LogP contribution in [-0.4, -0.2) is 4.92 Å². The molecule has 98 valence electrons. The minimum absolute atomic E-state index is 0.131. The first-order chi connectivity index (χ1) is 9.06. The Kier molecular flexibility index (Phi) is 3.75. The van der Waals surface area contributed by atoms with Crippen molar-refractivity contribution in [2.75, 3.05) is 5.32 Å². The molecule has 19 heavy (non-hydrogen) atoms. The standard InChI is InChI=1S/C14H13FN2O2/c1-10-2-4-11(5-3-10)9-16-13-8-12(15)6-7-14(13)17(18)19/h2-8,16H,9H2,1H3. The van der Waals surface area contributed by atoms with Gasteiger partial charge in [-0.15, -0.1) is 0 Å². The average Bonchev–Trinajstić information content (AvgIpc) is 2.38. The third kappa shape index (κ3) is 3.28. The molecule has 4 nitrogen and oxygen atoms in total. The summed E-state index contributed by atoms with van der Waals surface area (Å²) in [6.07, 6.45) is 0. The van der Waals surface area contributed by atoms with Gasteiger partial charge in [-0.2, -0.15) is 0 Å². The van der Waals surface area contributed by atoms with Crippen molar-refractivity contribution >= 4 is 11.4 Å². The molecule has 5 heteroatoms. The van der Waals surface area contributed by atoms with Crippen molar-refractivity contribution in [1.82, 2.24) is 0 Å². The molecule has 2 rings (SSSR count). The van der Waals surface area contributed by atoms with Gasteiger partial charge in [0.15, 0.2) is 0 Å². The molecule has 0 spiro atoms. The minimum atomic E-state index is -0.531. The Morgan fingerprint density at radius 2 is 1.89 bits per heavy atom. The fourth-order valence-corrected chi connectivity index (χ4v) is 1.71. The van der Waals surface area contributed by atoms with E-state index in [1.165, 1.54) is 0 Å². The van der Waals surface area contributed by atoms with Crippen molar-refractivity contribution in [1.29, 1.82) is 0 Å². The second-order valence-electron chi connectivity index (χ2n) is 4.26. The number of aryl methyl sites for hydroxylation is 1. The summed E-state index contributed by atoms with van der Waals surface area (Å²) < 4.78 is 13.1. The topological polar surface area (TPSA) is 55.2 Å². The molecule has 0 aliphatic rings. The van der Waals surface area contributed by atoms with Crippen LogP contribution in [-0.2, 0) is 6.54 Å². The van der Waals surface area contributed by atoms with Crippen molar-refractivity contribution in [3.8, 4) is 0 Å². The van der Waals surface area contributed by atoms with Crippen LogP contribution < -0.4 is 5.32 Å². The molecule has 2 aromatic carbocycles. The number of nitrogens with one attached hydrogen (secondary N) is 1. The summed E-state index contributed by atoms with van der Waals surface area (Å²) in [5.74, 6) is -0.503. The number of anilines is 1. The molecular weight excluding hydrogens is 247 g/mol. The number of nitro benzene ring substituents is 1.